The van der Waals surface area contributed by atoms with Gasteiger partial charge < -0.3 is 5.32 Å². The minimum Gasteiger partial charge on any atom is -0.356 e. The molecule has 0 unspecified atom stereocenters. The first-order valence-corrected chi connectivity index (χ1v) is 7.73. The summed E-state index contributed by atoms with van der Waals surface area (Å²) in [5.41, 5.74) is 1.05. The monoisotopic (exact) mass is 277 g/mol. The van der Waals surface area contributed by atoms with Crippen molar-refractivity contribution in [3.63, 3.8) is 0 Å². The first-order valence-electron chi connectivity index (χ1n) is 7.28. The van der Waals surface area contributed by atoms with Crippen molar-refractivity contribution in [2.45, 2.75) is 49.8 Å². The van der Waals surface area contributed by atoms with E-state index < -0.39 is 0 Å². The number of nitrogens with one attached hydrogen (secondary N) is 1. The van der Waals surface area contributed by atoms with Gasteiger partial charge in [-0.05, 0) is 30.0 Å². The zero-order valence-electron chi connectivity index (χ0n) is 11.4. The topological polar surface area (TPSA) is 29.1 Å². The molecule has 0 saturated heterocycles. The van der Waals surface area contributed by atoms with Gasteiger partial charge >= 0.3 is 0 Å². The van der Waals surface area contributed by atoms with Gasteiger partial charge in [-0.25, -0.2) is 0 Å². The summed E-state index contributed by atoms with van der Waals surface area (Å²) in [6.45, 7) is 0.828. The highest BCUT2D eigenvalue weighted by atomic mass is 32.1. The van der Waals surface area contributed by atoms with Crippen molar-refractivity contribution in [1.82, 2.24) is 5.32 Å². The lowest BCUT2D eigenvalue weighted by Crippen LogP contribution is -2.27. The third-order valence-corrected chi connectivity index (χ3v) is 4.20. The molecule has 1 aliphatic carbocycles. The van der Waals surface area contributed by atoms with Gasteiger partial charge in [0, 0.05) is 11.4 Å². The normalized spacial score (nSPS) is 16.3. The molecule has 2 nitrogen and oxygen atoms in total. The van der Waals surface area contributed by atoms with Crippen molar-refractivity contribution in [1.29, 1.82) is 0 Å². The van der Waals surface area contributed by atoms with Crippen molar-refractivity contribution in [2.75, 3.05) is 6.54 Å². The molecule has 1 aromatic carbocycles. The molecular formula is C16H23NOS. The molecule has 0 aromatic heterocycles. The van der Waals surface area contributed by atoms with Gasteiger partial charge in [-0.2, -0.15) is 0 Å². The number of benzene rings is 1. The Labute approximate surface area is 121 Å². The highest BCUT2D eigenvalue weighted by Gasteiger charge is 2.13. The summed E-state index contributed by atoms with van der Waals surface area (Å²) in [7, 11) is 0. The SMILES string of the molecule is O=C(Cc1ccc(S)cc1)NCCC1CCCCC1. The molecule has 1 amide bonds. The van der Waals surface area contributed by atoms with Crippen molar-refractivity contribution < 1.29 is 4.79 Å². The fraction of sp³-hybridized carbons (Fsp3) is 0.562. The number of carbonyl (C=O) groups excluding carboxylic acids is 1. The lowest BCUT2D eigenvalue weighted by molar-refractivity contribution is -0.120. The molecule has 104 valence electrons. The van der Waals surface area contributed by atoms with Gasteiger partial charge in [0.05, 0.1) is 6.42 Å². The van der Waals surface area contributed by atoms with E-state index in [1.807, 2.05) is 24.3 Å². The van der Waals surface area contributed by atoms with Crippen molar-refractivity contribution in [3.05, 3.63) is 29.8 Å². The molecule has 1 N–H and O–H groups in total. The fourth-order valence-electron chi connectivity index (χ4n) is 2.75. The van der Waals surface area contributed by atoms with Crippen LogP contribution in [0.4, 0.5) is 0 Å². The lowest BCUT2D eigenvalue weighted by atomic mass is 9.87. The molecule has 0 bridgehead atoms. The zero-order valence-corrected chi connectivity index (χ0v) is 12.3. The minimum absolute atomic E-state index is 0.128. The van der Waals surface area contributed by atoms with Gasteiger partial charge in [-0.15, -0.1) is 12.6 Å². The third-order valence-electron chi connectivity index (χ3n) is 3.90. The molecule has 0 heterocycles. The predicted molar refractivity (Wildman–Crippen MR) is 81.6 cm³/mol. The second-order valence-corrected chi connectivity index (χ2v) is 6.00. The average Bonchev–Trinajstić information content (AvgIpc) is 2.43. The van der Waals surface area contributed by atoms with Crippen LogP contribution in [0.3, 0.4) is 0 Å². The van der Waals surface area contributed by atoms with Crippen molar-refractivity contribution >= 4 is 18.5 Å². The molecule has 19 heavy (non-hydrogen) atoms. The van der Waals surface area contributed by atoms with Gasteiger partial charge in [0.2, 0.25) is 5.91 Å². The van der Waals surface area contributed by atoms with Crippen LogP contribution in [-0.4, -0.2) is 12.5 Å². The number of rotatable bonds is 5. The Balaban J connectivity index is 1.65. The number of thiol groups is 1. The maximum atomic E-state index is 11.8. The maximum Gasteiger partial charge on any atom is 0.224 e. The first-order chi connectivity index (χ1) is 9.24. The highest BCUT2D eigenvalue weighted by molar-refractivity contribution is 7.80. The Kier molecular flexibility index (Phi) is 5.77. The minimum atomic E-state index is 0.128. The molecule has 2 rings (SSSR count). The third kappa shape index (κ3) is 5.27. The zero-order chi connectivity index (χ0) is 13.5. The van der Waals surface area contributed by atoms with E-state index >= 15 is 0 Å². The molecule has 1 aliphatic rings. The van der Waals surface area contributed by atoms with Crippen LogP contribution < -0.4 is 5.32 Å². The van der Waals surface area contributed by atoms with Gasteiger partial charge in [0.1, 0.15) is 0 Å². The quantitative estimate of drug-likeness (QED) is 0.791. The van der Waals surface area contributed by atoms with E-state index in [0.29, 0.717) is 6.42 Å². The molecule has 0 atom stereocenters. The summed E-state index contributed by atoms with van der Waals surface area (Å²) in [5, 5.41) is 3.04. The Morgan fingerprint density at radius 3 is 2.53 bits per heavy atom. The number of hydrogen-bond donors (Lipinski definition) is 2. The molecule has 0 aliphatic heterocycles. The van der Waals surface area contributed by atoms with Crippen LogP contribution in [0.1, 0.15) is 44.1 Å². The van der Waals surface area contributed by atoms with Gasteiger partial charge in [-0.1, -0.05) is 44.2 Å². The summed E-state index contributed by atoms with van der Waals surface area (Å²) < 4.78 is 0. The largest absolute Gasteiger partial charge is 0.356 e. The van der Waals surface area contributed by atoms with Gasteiger partial charge in [-0.3, -0.25) is 4.79 Å². The van der Waals surface area contributed by atoms with Crippen LogP contribution in [0.15, 0.2) is 29.2 Å². The number of hydrogen-bond acceptors (Lipinski definition) is 2. The predicted octanol–water partition coefficient (Wildman–Crippen LogP) is 3.60. The van der Waals surface area contributed by atoms with E-state index in [-0.39, 0.29) is 5.91 Å². The average molecular weight is 277 g/mol. The molecule has 1 fully saturated rings. The standard InChI is InChI=1S/C16H23NOS/c18-16(12-14-6-8-15(19)9-7-14)17-11-10-13-4-2-1-3-5-13/h6-9,13,19H,1-5,10-12H2,(H,17,18). The molecule has 1 saturated carbocycles. The molecule has 0 radical (unpaired) electrons. The highest BCUT2D eigenvalue weighted by Crippen LogP contribution is 2.25. The fourth-order valence-corrected chi connectivity index (χ4v) is 2.90. The summed E-state index contributed by atoms with van der Waals surface area (Å²) in [6.07, 6.45) is 8.44. The van der Waals surface area contributed by atoms with Crippen LogP contribution in [0.5, 0.6) is 0 Å². The van der Waals surface area contributed by atoms with Crippen LogP contribution in [0, 0.1) is 5.92 Å². The van der Waals surface area contributed by atoms with E-state index in [1.54, 1.807) is 0 Å². The molecule has 3 heteroatoms. The maximum absolute atomic E-state index is 11.8. The summed E-state index contributed by atoms with van der Waals surface area (Å²) >= 11 is 4.24. The Morgan fingerprint density at radius 1 is 1.16 bits per heavy atom. The van der Waals surface area contributed by atoms with Crippen LogP contribution in [-0.2, 0) is 11.2 Å². The number of carbonyl (C=O) groups is 1. The van der Waals surface area contributed by atoms with E-state index in [0.717, 1.165) is 29.3 Å². The van der Waals surface area contributed by atoms with Gasteiger partial charge in [0.15, 0.2) is 0 Å². The van der Waals surface area contributed by atoms with Crippen LogP contribution >= 0.6 is 12.6 Å². The Bertz CT molecular complexity index is 396. The second-order valence-electron chi connectivity index (χ2n) is 5.49. The Hall–Kier alpha value is -0.960. The molecule has 1 aromatic rings. The summed E-state index contributed by atoms with van der Waals surface area (Å²) in [4.78, 5) is 12.7. The van der Waals surface area contributed by atoms with Crippen molar-refractivity contribution in [2.24, 2.45) is 5.92 Å². The van der Waals surface area contributed by atoms with E-state index in [4.69, 9.17) is 0 Å². The lowest BCUT2D eigenvalue weighted by Gasteiger charge is -2.21. The molecule has 0 spiro atoms. The van der Waals surface area contributed by atoms with Crippen LogP contribution in [0.25, 0.3) is 0 Å². The van der Waals surface area contributed by atoms with Crippen LogP contribution in [0.2, 0.25) is 0 Å². The summed E-state index contributed by atoms with van der Waals surface area (Å²) in [6, 6.07) is 7.77. The Morgan fingerprint density at radius 2 is 1.84 bits per heavy atom. The van der Waals surface area contributed by atoms with Crippen molar-refractivity contribution in [3.8, 4) is 0 Å². The number of amides is 1. The summed E-state index contributed by atoms with van der Waals surface area (Å²) in [5.74, 6) is 0.959. The molecular weight excluding hydrogens is 254 g/mol. The van der Waals surface area contributed by atoms with E-state index in [9.17, 15) is 4.79 Å². The first kappa shape index (κ1) is 14.4. The van der Waals surface area contributed by atoms with E-state index in [2.05, 4.69) is 17.9 Å². The second kappa shape index (κ2) is 7.59. The van der Waals surface area contributed by atoms with Gasteiger partial charge in [0.25, 0.3) is 0 Å². The smallest absolute Gasteiger partial charge is 0.224 e. The van der Waals surface area contributed by atoms with E-state index in [1.165, 1.54) is 32.1 Å².